The number of rotatable bonds is 5. The van der Waals surface area contributed by atoms with Crippen molar-refractivity contribution in [2.45, 2.75) is 87.1 Å². The number of amides is 2. The Morgan fingerprint density at radius 2 is 1.91 bits per heavy atom. The first kappa shape index (κ1) is 22.0. The van der Waals surface area contributed by atoms with Crippen LogP contribution in [-0.4, -0.2) is 69.8 Å². The van der Waals surface area contributed by atoms with Crippen molar-refractivity contribution in [3.05, 3.63) is 35.6 Å². The Morgan fingerprint density at radius 1 is 1.18 bits per heavy atom. The van der Waals surface area contributed by atoms with Gasteiger partial charge in [0.05, 0.1) is 23.7 Å². The summed E-state index contributed by atoms with van der Waals surface area (Å²) in [6.45, 7) is 1.04. The number of benzene rings is 1. The lowest BCUT2D eigenvalue weighted by Gasteiger charge is -2.50. The summed E-state index contributed by atoms with van der Waals surface area (Å²) < 4.78 is 13.7. The van der Waals surface area contributed by atoms with Crippen molar-refractivity contribution in [1.29, 1.82) is 5.26 Å². The Hall–Kier alpha value is -2.50. The van der Waals surface area contributed by atoms with Crippen LogP contribution in [0, 0.1) is 23.1 Å². The van der Waals surface area contributed by atoms with Crippen LogP contribution in [0.2, 0.25) is 0 Å². The zero-order valence-corrected chi connectivity index (χ0v) is 19.4. The van der Waals surface area contributed by atoms with E-state index in [2.05, 4.69) is 15.9 Å². The van der Waals surface area contributed by atoms with E-state index in [1.165, 1.54) is 12.1 Å². The number of likely N-dealkylation sites (tertiary alicyclic amines) is 3. The fourth-order valence-electron chi connectivity index (χ4n) is 7.40. The van der Waals surface area contributed by atoms with E-state index >= 15 is 0 Å². The molecule has 3 saturated heterocycles. The molecule has 2 bridgehead atoms. The van der Waals surface area contributed by atoms with E-state index in [1.54, 1.807) is 4.90 Å². The van der Waals surface area contributed by atoms with Crippen LogP contribution >= 0.6 is 0 Å². The molecule has 7 nitrogen and oxygen atoms in total. The molecule has 5 fully saturated rings. The number of piperidine rings is 1. The van der Waals surface area contributed by atoms with Gasteiger partial charge in [0.2, 0.25) is 11.8 Å². The fourth-order valence-corrected chi connectivity index (χ4v) is 7.40. The van der Waals surface area contributed by atoms with Gasteiger partial charge in [-0.05, 0) is 55.7 Å². The molecular formula is C26H32FN5O2. The van der Waals surface area contributed by atoms with Crippen LogP contribution in [0.4, 0.5) is 4.39 Å². The number of hydrogen-bond acceptors (Lipinski definition) is 5. The minimum atomic E-state index is -0.725. The van der Waals surface area contributed by atoms with Crippen LogP contribution in [0.15, 0.2) is 24.3 Å². The molecule has 3 aliphatic heterocycles. The third-order valence-corrected chi connectivity index (χ3v) is 9.05. The predicted octanol–water partition coefficient (Wildman–Crippen LogP) is 2.11. The van der Waals surface area contributed by atoms with Gasteiger partial charge in [-0.3, -0.25) is 14.5 Å². The quantitative estimate of drug-likeness (QED) is 0.719. The van der Waals surface area contributed by atoms with Gasteiger partial charge >= 0.3 is 0 Å². The SMILES string of the molecule is N#C[C@@H]1C[C@@H]2C[C@@H]2N1C(=O)[C@@H](N)CN1C[C@@H]2CC1C(=O)N2C1(c2ccc(F)cc2)CCCCC1. The first-order valence-corrected chi connectivity index (χ1v) is 12.7. The van der Waals surface area contributed by atoms with E-state index < -0.39 is 6.04 Å². The average Bonchev–Trinajstić information content (AvgIpc) is 3.17. The molecule has 1 aromatic carbocycles. The number of halogens is 1. The summed E-state index contributed by atoms with van der Waals surface area (Å²) >= 11 is 0. The van der Waals surface area contributed by atoms with Crippen molar-refractivity contribution in [2.24, 2.45) is 11.7 Å². The highest BCUT2D eigenvalue weighted by atomic mass is 19.1. The standard InChI is InChI=1S/C26H32FN5O2/c27-18-6-4-17(5-7-18)26(8-2-1-3-9-26)32-20-12-23(25(32)34)30(14-20)15-21(29)24(33)31-19(13-28)10-16-11-22(16)31/h4-7,16,19-23H,1-3,8-12,14-15,29H2/t16-,19+,20+,21+,22+,23?/m1/s1. The summed E-state index contributed by atoms with van der Waals surface area (Å²) in [5.41, 5.74) is 7.02. The Labute approximate surface area is 199 Å². The van der Waals surface area contributed by atoms with Crippen LogP contribution in [0.5, 0.6) is 0 Å². The second kappa shape index (κ2) is 8.03. The molecule has 5 aliphatic rings. The summed E-state index contributed by atoms with van der Waals surface area (Å²) in [5.74, 6) is 0.152. The van der Waals surface area contributed by atoms with E-state index in [4.69, 9.17) is 5.73 Å². The molecule has 8 heteroatoms. The maximum absolute atomic E-state index is 13.7. The molecular weight excluding hydrogens is 433 g/mol. The second-order valence-corrected chi connectivity index (χ2v) is 11.0. The number of carbonyl (C=O) groups is 2. The maximum atomic E-state index is 13.7. The van der Waals surface area contributed by atoms with E-state index in [0.717, 1.165) is 56.9 Å². The number of nitrogens with two attached hydrogens (primary N) is 1. The fraction of sp³-hybridized carbons (Fsp3) is 0.654. The monoisotopic (exact) mass is 465 g/mol. The molecule has 1 unspecified atom stereocenters. The molecule has 2 aliphatic carbocycles. The molecule has 180 valence electrons. The van der Waals surface area contributed by atoms with Crippen molar-refractivity contribution < 1.29 is 14.0 Å². The summed E-state index contributed by atoms with van der Waals surface area (Å²) in [5, 5.41) is 9.43. The number of nitrogens with zero attached hydrogens (tertiary/aromatic N) is 4. The van der Waals surface area contributed by atoms with Crippen molar-refractivity contribution in [3.8, 4) is 6.07 Å². The summed E-state index contributed by atoms with van der Waals surface area (Å²) in [6.07, 6.45) is 7.55. The van der Waals surface area contributed by atoms with Gasteiger partial charge < -0.3 is 15.5 Å². The van der Waals surface area contributed by atoms with Crippen LogP contribution in [0.1, 0.15) is 56.9 Å². The van der Waals surface area contributed by atoms with Crippen molar-refractivity contribution >= 4 is 11.8 Å². The third-order valence-electron chi connectivity index (χ3n) is 9.05. The molecule has 2 saturated carbocycles. The van der Waals surface area contributed by atoms with Crippen molar-refractivity contribution in [3.63, 3.8) is 0 Å². The molecule has 34 heavy (non-hydrogen) atoms. The molecule has 6 atom stereocenters. The minimum Gasteiger partial charge on any atom is -0.327 e. The average molecular weight is 466 g/mol. The zero-order valence-electron chi connectivity index (χ0n) is 19.4. The zero-order chi connectivity index (χ0) is 23.6. The largest absolute Gasteiger partial charge is 0.327 e. The van der Waals surface area contributed by atoms with Gasteiger partial charge in [-0.15, -0.1) is 0 Å². The van der Waals surface area contributed by atoms with Gasteiger partial charge in [-0.2, -0.15) is 5.26 Å². The normalized spacial score (nSPS) is 34.7. The number of piperazine rings is 1. The topological polar surface area (TPSA) is 93.7 Å². The van der Waals surface area contributed by atoms with Crippen LogP contribution in [0.25, 0.3) is 0 Å². The van der Waals surface area contributed by atoms with Gasteiger partial charge in [0.1, 0.15) is 11.9 Å². The van der Waals surface area contributed by atoms with E-state index in [1.807, 2.05) is 12.1 Å². The first-order chi connectivity index (χ1) is 16.4. The highest BCUT2D eigenvalue weighted by Gasteiger charge is 2.58. The molecule has 2 amide bonds. The molecule has 1 aromatic rings. The maximum Gasteiger partial charge on any atom is 0.242 e. The minimum absolute atomic E-state index is 0.0782. The Kier molecular flexibility index (Phi) is 5.19. The molecule has 0 spiro atoms. The van der Waals surface area contributed by atoms with Gasteiger partial charge in [-0.25, -0.2) is 4.39 Å². The van der Waals surface area contributed by atoms with Gasteiger partial charge in [-0.1, -0.05) is 31.4 Å². The summed E-state index contributed by atoms with van der Waals surface area (Å²) in [6, 6.07) is 7.85. The van der Waals surface area contributed by atoms with Crippen LogP contribution in [-0.2, 0) is 15.1 Å². The summed E-state index contributed by atoms with van der Waals surface area (Å²) in [7, 11) is 0. The van der Waals surface area contributed by atoms with Crippen LogP contribution < -0.4 is 5.73 Å². The highest BCUT2D eigenvalue weighted by Crippen LogP contribution is 2.49. The van der Waals surface area contributed by atoms with Crippen molar-refractivity contribution in [2.75, 3.05) is 13.1 Å². The van der Waals surface area contributed by atoms with E-state index in [-0.39, 0.29) is 47.3 Å². The summed E-state index contributed by atoms with van der Waals surface area (Å²) in [4.78, 5) is 32.7. The Bertz CT molecular complexity index is 1030. The second-order valence-electron chi connectivity index (χ2n) is 11.0. The number of fused-ring (bicyclic) bond motifs is 3. The molecule has 6 rings (SSSR count). The molecule has 2 N–H and O–H groups in total. The first-order valence-electron chi connectivity index (χ1n) is 12.7. The van der Waals surface area contributed by atoms with E-state index in [9.17, 15) is 19.2 Å². The number of carbonyl (C=O) groups excluding carboxylic acids is 2. The molecule has 0 aromatic heterocycles. The Balaban J connectivity index is 1.18. The molecule has 3 heterocycles. The lowest BCUT2D eigenvalue weighted by atomic mass is 9.74. The van der Waals surface area contributed by atoms with Gasteiger partial charge in [0, 0.05) is 25.2 Å². The number of hydrogen-bond donors (Lipinski definition) is 1. The predicted molar refractivity (Wildman–Crippen MR) is 123 cm³/mol. The number of nitriles is 1. The Morgan fingerprint density at radius 3 is 2.59 bits per heavy atom. The third kappa shape index (κ3) is 3.28. The van der Waals surface area contributed by atoms with Crippen molar-refractivity contribution in [1.82, 2.24) is 14.7 Å². The van der Waals surface area contributed by atoms with E-state index in [0.29, 0.717) is 19.0 Å². The lowest BCUT2D eigenvalue weighted by molar-refractivity contribution is -0.147. The smallest absolute Gasteiger partial charge is 0.242 e. The van der Waals surface area contributed by atoms with Gasteiger partial charge in [0.25, 0.3) is 0 Å². The lowest BCUT2D eigenvalue weighted by Crippen LogP contribution is -2.61. The highest BCUT2D eigenvalue weighted by molar-refractivity contribution is 5.87. The van der Waals surface area contributed by atoms with Gasteiger partial charge in [0.15, 0.2) is 0 Å². The van der Waals surface area contributed by atoms with Crippen LogP contribution in [0.3, 0.4) is 0 Å². The molecule has 0 radical (unpaired) electrons.